The second kappa shape index (κ2) is 12.0. The van der Waals surface area contributed by atoms with Gasteiger partial charge in [-0.25, -0.2) is 4.79 Å². The van der Waals surface area contributed by atoms with Crippen LogP contribution in [0.5, 0.6) is 0 Å². The topological polar surface area (TPSA) is 47.6 Å². The summed E-state index contributed by atoms with van der Waals surface area (Å²) in [5.74, 6) is 1.38. The third kappa shape index (κ3) is 22.4. The van der Waals surface area contributed by atoms with Crippen LogP contribution >= 0.6 is 0 Å². The Bertz CT molecular complexity index is 232. The van der Waals surface area contributed by atoms with Crippen molar-refractivity contribution in [2.45, 2.75) is 66.9 Å². The second-order valence-corrected chi connectivity index (χ2v) is 6.79. The van der Waals surface area contributed by atoms with Crippen LogP contribution in [0.4, 0.5) is 4.79 Å². The fourth-order valence-corrected chi connectivity index (χ4v) is 1.13. The van der Waals surface area contributed by atoms with Gasteiger partial charge in [-0.3, -0.25) is 0 Å². The Hall–Kier alpha value is -0.770. The van der Waals surface area contributed by atoms with Gasteiger partial charge in [-0.15, -0.1) is 0 Å². The third-order valence-corrected chi connectivity index (χ3v) is 2.29. The fourth-order valence-electron chi connectivity index (χ4n) is 1.13. The molecule has 0 saturated heterocycles. The molecule has 0 spiro atoms. The molecule has 0 heterocycles. The van der Waals surface area contributed by atoms with Gasteiger partial charge in [-0.1, -0.05) is 27.7 Å². The van der Waals surface area contributed by atoms with Crippen LogP contribution in [0.2, 0.25) is 0 Å². The van der Waals surface area contributed by atoms with Gasteiger partial charge < -0.3 is 14.8 Å². The lowest BCUT2D eigenvalue weighted by Crippen LogP contribution is -2.33. The first-order chi connectivity index (χ1) is 9.08. The molecule has 0 bridgehead atoms. The standard InChI is InChI=1S/C10H21NO2.C6H14O/c1-8(2)6-7-11-9(12)13-10(3,4)5;1-6(2)4-5-7-3/h8H,6-7H2,1-5H3,(H,11,12);6H,4-5H2,1-3H3. The Morgan fingerprint density at radius 3 is 1.85 bits per heavy atom. The van der Waals surface area contributed by atoms with Gasteiger partial charge in [0.1, 0.15) is 5.60 Å². The number of hydrogen-bond donors (Lipinski definition) is 1. The summed E-state index contributed by atoms with van der Waals surface area (Å²) >= 11 is 0. The minimum Gasteiger partial charge on any atom is -0.444 e. The average molecular weight is 289 g/mol. The average Bonchev–Trinajstić information content (AvgIpc) is 2.24. The molecule has 0 rings (SSSR count). The van der Waals surface area contributed by atoms with E-state index in [0.717, 1.165) is 18.9 Å². The van der Waals surface area contributed by atoms with Gasteiger partial charge in [-0.05, 0) is 45.4 Å². The Morgan fingerprint density at radius 1 is 1.05 bits per heavy atom. The minimum absolute atomic E-state index is 0.326. The molecule has 4 heteroatoms. The number of carbonyl (C=O) groups excluding carboxylic acids is 1. The van der Waals surface area contributed by atoms with Crippen molar-refractivity contribution in [2.75, 3.05) is 20.3 Å². The monoisotopic (exact) mass is 289 g/mol. The van der Waals surface area contributed by atoms with E-state index in [1.54, 1.807) is 7.11 Å². The van der Waals surface area contributed by atoms with E-state index in [-0.39, 0.29) is 6.09 Å². The summed E-state index contributed by atoms with van der Waals surface area (Å²) in [5, 5.41) is 2.71. The number of carbonyl (C=O) groups is 1. The van der Waals surface area contributed by atoms with Crippen LogP contribution in [0.3, 0.4) is 0 Å². The number of methoxy groups -OCH3 is 1. The number of ether oxygens (including phenoxy) is 2. The Labute approximate surface area is 125 Å². The highest BCUT2D eigenvalue weighted by Gasteiger charge is 2.15. The molecule has 0 saturated carbocycles. The predicted octanol–water partition coefficient (Wildman–Crippen LogP) is 4.24. The molecule has 0 aromatic rings. The highest BCUT2D eigenvalue weighted by molar-refractivity contribution is 5.67. The molecule has 0 radical (unpaired) electrons. The van der Waals surface area contributed by atoms with Crippen LogP contribution in [0, 0.1) is 11.8 Å². The first-order valence-corrected chi connectivity index (χ1v) is 7.54. The molecule has 1 amide bonds. The molecule has 0 aliphatic heterocycles. The van der Waals surface area contributed by atoms with Gasteiger partial charge in [0, 0.05) is 20.3 Å². The first kappa shape index (κ1) is 21.5. The van der Waals surface area contributed by atoms with E-state index in [9.17, 15) is 4.79 Å². The molecule has 0 aliphatic rings. The maximum absolute atomic E-state index is 11.1. The number of amides is 1. The van der Waals surface area contributed by atoms with Crippen molar-refractivity contribution in [1.29, 1.82) is 0 Å². The van der Waals surface area contributed by atoms with Crippen LogP contribution in [0.25, 0.3) is 0 Å². The van der Waals surface area contributed by atoms with Crippen LogP contribution in [-0.2, 0) is 9.47 Å². The lowest BCUT2D eigenvalue weighted by atomic mass is 10.1. The molecule has 0 aromatic heterocycles. The van der Waals surface area contributed by atoms with E-state index in [1.807, 2.05) is 20.8 Å². The van der Waals surface area contributed by atoms with E-state index >= 15 is 0 Å². The number of hydrogen-bond acceptors (Lipinski definition) is 3. The summed E-state index contributed by atoms with van der Waals surface area (Å²) in [4.78, 5) is 11.1. The van der Waals surface area contributed by atoms with Crippen molar-refractivity contribution in [3.05, 3.63) is 0 Å². The Morgan fingerprint density at radius 2 is 1.55 bits per heavy atom. The molecule has 0 aliphatic carbocycles. The van der Waals surface area contributed by atoms with E-state index in [0.29, 0.717) is 12.5 Å². The molecule has 0 atom stereocenters. The SMILES string of the molecule is CC(C)CCNC(=O)OC(C)(C)C.COCCC(C)C. The van der Waals surface area contributed by atoms with Gasteiger partial charge in [0.15, 0.2) is 0 Å². The highest BCUT2D eigenvalue weighted by Crippen LogP contribution is 2.06. The molecule has 1 N–H and O–H groups in total. The molecular formula is C16H35NO3. The molecule has 122 valence electrons. The minimum atomic E-state index is -0.401. The number of nitrogens with one attached hydrogen (secondary N) is 1. The summed E-state index contributed by atoms with van der Waals surface area (Å²) in [6.07, 6.45) is 1.84. The summed E-state index contributed by atoms with van der Waals surface area (Å²) < 4.78 is 9.92. The molecule has 0 unspecified atom stereocenters. The van der Waals surface area contributed by atoms with Gasteiger partial charge in [0.05, 0.1) is 0 Å². The summed E-state index contributed by atoms with van der Waals surface area (Å²) in [6.45, 7) is 15.8. The van der Waals surface area contributed by atoms with Gasteiger partial charge >= 0.3 is 6.09 Å². The fraction of sp³-hybridized carbons (Fsp3) is 0.938. The first-order valence-electron chi connectivity index (χ1n) is 7.54. The highest BCUT2D eigenvalue weighted by atomic mass is 16.6. The molecular weight excluding hydrogens is 254 g/mol. The normalized spacial score (nSPS) is 11.1. The van der Waals surface area contributed by atoms with Crippen molar-refractivity contribution in [3.8, 4) is 0 Å². The maximum atomic E-state index is 11.1. The zero-order chi connectivity index (χ0) is 16.2. The second-order valence-electron chi connectivity index (χ2n) is 6.79. The van der Waals surface area contributed by atoms with Crippen molar-refractivity contribution in [3.63, 3.8) is 0 Å². The third-order valence-electron chi connectivity index (χ3n) is 2.29. The Balaban J connectivity index is 0. The van der Waals surface area contributed by atoms with Gasteiger partial charge in [-0.2, -0.15) is 0 Å². The molecule has 20 heavy (non-hydrogen) atoms. The predicted molar refractivity (Wildman–Crippen MR) is 85.0 cm³/mol. The molecule has 0 aromatic carbocycles. The summed E-state index contributed by atoms with van der Waals surface area (Å²) in [5.41, 5.74) is -0.401. The van der Waals surface area contributed by atoms with Gasteiger partial charge in [0.2, 0.25) is 0 Å². The summed E-state index contributed by atoms with van der Waals surface area (Å²) in [7, 11) is 1.74. The van der Waals surface area contributed by atoms with Crippen molar-refractivity contribution in [2.24, 2.45) is 11.8 Å². The zero-order valence-corrected chi connectivity index (χ0v) is 14.7. The lowest BCUT2D eigenvalue weighted by Gasteiger charge is -2.19. The summed E-state index contributed by atoms with van der Waals surface area (Å²) in [6, 6.07) is 0. The van der Waals surface area contributed by atoms with E-state index in [2.05, 4.69) is 33.0 Å². The Kier molecular flexibility index (Phi) is 12.9. The molecule has 4 nitrogen and oxygen atoms in total. The van der Waals surface area contributed by atoms with Crippen LogP contribution < -0.4 is 5.32 Å². The van der Waals surface area contributed by atoms with Crippen LogP contribution in [-0.4, -0.2) is 32.0 Å². The number of alkyl carbamates (subject to hydrolysis) is 1. The maximum Gasteiger partial charge on any atom is 0.407 e. The molecule has 0 fully saturated rings. The van der Waals surface area contributed by atoms with Crippen LogP contribution in [0.1, 0.15) is 61.3 Å². The van der Waals surface area contributed by atoms with Crippen molar-refractivity contribution >= 4 is 6.09 Å². The van der Waals surface area contributed by atoms with E-state index in [1.165, 1.54) is 6.42 Å². The van der Waals surface area contributed by atoms with Gasteiger partial charge in [0.25, 0.3) is 0 Å². The van der Waals surface area contributed by atoms with E-state index in [4.69, 9.17) is 9.47 Å². The van der Waals surface area contributed by atoms with E-state index < -0.39 is 5.60 Å². The smallest absolute Gasteiger partial charge is 0.407 e. The van der Waals surface area contributed by atoms with Crippen LogP contribution in [0.15, 0.2) is 0 Å². The van der Waals surface area contributed by atoms with Crippen molar-refractivity contribution in [1.82, 2.24) is 5.32 Å². The lowest BCUT2D eigenvalue weighted by molar-refractivity contribution is 0.0526. The zero-order valence-electron chi connectivity index (χ0n) is 14.7. The van der Waals surface area contributed by atoms with Crippen molar-refractivity contribution < 1.29 is 14.3 Å². The number of rotatable bonds is 6. The quantitative estimate of drug-likeness (QED) is 0.795. The largest absolute Gasteiger partial charge is 0.444 e.